The van der Waals surface area contributed by atoms with Crippen molar-refractivity contribution in [2.24, 2.45) is 46.3 Å². The Kier molecular flexibility index (Phi) is 2.42. The molecule has 7 aliphatic carbocycles. The normalized spacial score (nSPS) is 56.6. The van der Waals surface area contributed by atoms with Crippen LogP contribution < -0.4 is 0 Å². The molecule has 0 aromatic carbocycles. The highest BCUT2D eigenvalue weighted by atomic mass is 28.3. The topological polar surface area (TPSA) is 0 Å². The molecule has 0 aromatic rings. The van der Waals surface area contributed by atoms with Crippen LogP contribution in [-0.4, -0.2) is 8.07 Å². The fraction of sp³-hybridized carbons (Fsp3) is 0.810. The predicted molar refractivity (Wildman–Crippen MR) is 93.5 cm³/mol. The van der Waals surface area contributed by atoms with Crippen LogP contribution in [-0.2, 0) is 0 Å². The highest BCUT2D eigenvalue weighted by Gasteiger charge is 2.69. The van der Waals surface area contributed by atoms with Crippen LogP contribution in [0.2, 0.25) is 19.6 Å². The van der Waals surface area contributed by atoms with Gasteiger partial charge in [0.1, 0.15) is 8.07 Å². The third kappa shape index (κ3) is 1.62. The first-order chi connectivity index (χ1) is 10.3. The van der Waals surface area contributed by atoms with Crippen molar-refractivity contribution in [2.75, 3.05) is 0 Å². The average Bonchev–Trinajstić information content (AvgIpc) is 2.49. The summed E-state index contributed by atoms with van der Waals surface area (Å²) in [4.78, 5) is 0. The SMILES string of the molecule is C#CC12CC3C4CC5(C#C[Si](C)(C)C)CC3C(C1)C(C5)C4C2. The number of hydrogen-bond donors (Lipinski definition) is 0. The minimum atomic E-state index is -1.25. The van der Waals surface area contributed by atoms with Crippen LogP contribution in [0.1, 0.15) is 38.5 Å². The van der Waals surface area contributed by atoms with Gasteiger partial charge in [-0.15, -0.1) is 17.9 Å². The van der Waals surface area contributed by atoms with E-state index in [-0.39, 0.29) is 0 Å². The van der Waals surface area contributed by atoms with E-state index in [9.17, 15) is 0 Å². The van der Waals surface area contributed by atoms with Gasteiger partial charge in [0.15, 0.2) is 0 Å². The summed E-state index contributed by atoms with van der Waals surface area (Å²) in [5.41, 5.74) is 4.47. The summed E-state index contributed by atoms with van der Waals surface area (Å²) in [7, 11) is -1.25. The lowest BCUT2D eigenvalue weighted by atomic mass is 9.31. The maximum atomic E-state index is 5.99. The molecule has 22 heavy (non-hydrogen) atoms. The molecule has 0 nitrogen and oxygen atoms in total. The summed E-state index contributed by atoms with van der Waals surface area (Å²) in [5, 5.41) is 0. The van der Waals surface area contributed by atoms with E-state index in [1.807, 2.05) is 0 Å². The summed E-state index contributed by atoms with van der Waals surface area (Å²) >= 11 is 0. The molecule has 0 radical (unpaired) electrons. The van der Waals surface area contributed by atoms with Crippen LogP contribution in [0.3, 0.4) is 0 Å². The third-order valence-electron chi connectivity index (χ3n) is 8.07. The first-order valence-electron chi connectivity index (χ1n) is 9.36. The van der Waals surface area contributed by atoms with Crippen LogP contribution in [0, 0.1) is 70.1 Å². The standard InChI is InChI=1S/C21H28Si/c1-5-20-8-14-17-11-21(6-7-22(2,3)4)12-18(14)16(10-20)19(13-21)15(17)9-20/h1,14-19H,8-13H2,2-4H3. The van der Waals surface area contributed by atoms with Crippen LogP contribution in [0.25, 0.3) is 0 Å². The maximum absolute atomic E-state index is 5.99. The molecule has 0 amide bonds. The zero-order valence-corrected chi connectivity index (χ0v) is 15.3. The van der Waals surface area contributed by atoms with Crippen molar-refractivity contribution in [3.63, 3.8) is 0 Å². The molecule has 7 saturated carbocycles. The molecule has 0 aliphatic heterocycles. The Morgan fingerprint density at radius 2 is 1.09 bits per heavy atom. The lowest BCUT2D eigenvalue weighted by Crippen LogP contribution is -2.67. The van der Waals surface area contributed by atoms with Crippen LogP contribution in [0.4, 0.5) is 0 Å². The lowest BCUT2D eigenvalue weighted by molar-refractivity contribution is -0.233. The molecule has 7 aliphatic rings. The largest absolute Gasteiger partial charge is 0.131 e. The summed E-state index contributed by atoms with van der Waals surface area (Å²) in [5.74, 6) is 13.0. The van der Waals surface area contributed by atoms with Gasteiger partial charge >= 0.3 is 0 Å². The average molecular weight is 309 g/mol. The van der Waals surface area contributed by atoms with Crippen molar-refractivity contribution in [3.05, 3.63) is 0 Å². The van der Waals surface area contributed by atoms with E-state index < -0.39 is 8.07 Å². The van der Waals surface area contributed by atoms with E-state index in [2.05, 4.69) is 37.0 Å². The van der Waals surface area contributed by atoms with Gasteiger partial charge in [-0.3, -0.25) is 0 Å². The molecule has 0 N–H and O–H groups in total. The maximum Gasteiger partial charge on any atom is 0.129 e. The van der Waals surface area contributed by atoms with Crippen molar-refractivity contribution in [1.29, 1.82) is 0 Å². The van der Waals surface area contributed by atoms with Gasteiger partial charge in [0.25, 0.3) is 0 Å². The third-order valence-corrected chi connectivity index (χ3v) is 8.94. The summed E-state index contributed by atoms with van der Waals surface area (Å²) < 4.78 is 0. The molecule has 0 aromatic heterocycles. The highest BCUT2D eigenvalue weighted by molar-refractivity contribution is 6.83. The summed E-state index contributed by atoms with van der Waals surface area (Å²) in [6, 6.07) is 0. The smallest absolute Gasteiger partial charge is 0.129 e. The second-order valence-corrected chi connectivity index (χ2v) is 15.2. The number of hydrogen-bond acceptors (Lipinski definition) is 0. The van der Waals surface area contributed by atoms with Gasteiger partial charge in [0, 0.05) is 10.8 Å². The zero-order chi connectivity index (χ0) is 15.3. The minimum absolute atomic E-state index is 0.310. The molecule has 0 atom stereocenters. The molecule has 7 rings (SSSR count). The van der Waals surface area contributed by atoms with Crippen molar-refractivity contribution in [3.8, 4) is 23.8 Å². The van der Waals surface area contributed by atoms with Crippen LogP contribution in [0.5, 0.6) is 0 Å². The van der Waals surface area contributed by atoms with E-state index in [0.29, 0.717) is 10.8 Å². The van der Waals surface area contributed by atoms with Crippen molar-refractivity contribution in [1.82, 2.24) is 0 Å². The van der Waals surface area contributed by atoms with E-state index >= 15 is 0 Å². The van der Waals surface area contributed by atoms with Gasteiger partial charge in [-0.05, 0) is 74.0 Å². The van der Waals surface area contributed by atoms with Crippen molar-refractivity contribution >= 4 is 8.07 Å². The Hall–Kier alpha value is -0.663. The fourth-order valence-electron chi connectivity index (χ4n) is 7.58. The Morgan fingerprint density at radius 1 is 0.727 bits per heavy atom. The van der Waals surface area contributed by atoms with Gasteiger partial charge < -0.3 is 0 Å². The lowest BCUT2D eigenvalue weighted by Gasteiger charge is -2.73. The predicted octanol–water partition coefficient (Wildman–Crippen LogP) is 4.58. The summed E-state index contributed by atoms with van der Waals surface area (Å²) in [6.45, 7) is 7.17. The molecule has 7 fully saturated rings. The van der Waals surface area contributed by atoms with Crippen molar-refractivity contribution < 1.29 is 0 Å². The van der Waals surface area contributed by atoms with Gasteiger partial charge in [-0.25, -0.2) is 0 Å². The fourth-order valence-corrected chi connectivity index (χ4v) is 8.22. The van der Waals surface area contributed by atoms with Crippen LogP contribution >= 0.6 is 0 Å². The molecule has 116 valence electrons. The van der Waals surface area contributed by atoms with Gasteiger partial charge in [0.2, 0.25) is 0 Å². The molecular weight excluding hydrogens is 280 g/mol. The Bertz CT molecular complexity index is 568. The molecule has 0 spiro atoms. The van der Waals surface area contributed by atoms with Crippen molar-refractivity contribution in [2.45, 2.75) is 58.2 Å². The first-order valence-corrected chi connectivity index (χ1v) is 12.9. The Balaban J connectivity index is 1.53. The molecule has 0 saturated heterocycles. The monoisotopic (exact) mass is 308 g/mol. The quantitative estimate of drug-likeness (QED) is 0.454. The number of rotatable bonds is 0. The second kappa shape index (κ2) is 3.87. The molecule has 8 bridgehead atoms. The Morgan fingerprint density at radius 3 is 1.41 bits per heavy atom. The second-order valence-electron chi connectivity index (χ2n) is 10.4. The van der Waals surface area contributed by atoms with E-state index in [1.54, 1.807) is 0 Å². The molecule has 0 unspecified atom stereocenters. The Labute approximate surface area is 136 Å². The van der Waals surface area contributed by atoms with Gasteiger partial charge in [0.05, 0.1) is 0 Å². The van der Waals surface area contributed by atoms with E-state index in [0.717, 1.165) is 35.5 Å². The molecular formula is C21H28Si. The highest BCUT2D eigenvalue weighted by Crippen LogP contribution is 2.76. The van der Waals surface area contributed by atoms with Gasteiger partial charge in [-0.2, -0.15) is 0 Å². The van der Waals surface area contributed by atoms with E-state index in [1.165, 1.54) is 38.5 Å². The molecule has 0 heterocycles. The first kappa shape index (κ1) is 13.7. The zero-order valence-electron chi connectivity index (χ0n) is 14.3. The van der Waals surface area contributed by atoms with Gasteiger partial charge in [-0.1, -0.05) is 25.6 Å². The minimum Gasteiger partial charge on any atom is -0.131 e. The van der Waals surface area contributed by atoms with E-state index in [4.69, 9.17) is 6.42 Å². The van der Waals surface area contributed by atoms with Crippen LogP contribution in [0.15, 0.2) is 0 Å². The molecule has 1 heteroatoms. The summed E-state index contributed by atoms with van der Waals surface area (Å²) in [6.07, 6.45) is 14.3. The number of terminal acetylenes is 1.